The molecule has 0 atom stereocenters. The molecule has 8 heteroatoms. The van der Waals surface area contributed by atoms with Gasteiger partial charge in [0.25, 0.3) is 0 Å². The maximum Gasteiger partial charge on any atom is 0.222 e. The molecule has 0 saturated carbocycles. The van der Waals surface area contributed by atoms with Crippen molar-refractivity contribution in [3.05, 3.63) is 71.7 Å². The number of carbonyl (C=O) groups is 1. The van der Waals surface area contributed by atoms with Crippen LogP contribution in [0.3, 0.4) is 0 Å². The zero-order valence-corrected chi connectivity index (χ0v) is 17.7. The third kappa shape index (κ3) is 5.20. The number of nitrogens with one attached hydrogen (secondary N) is 1. The average molecular weight is 429 g/mol. The molecule has 3 heterocycles. The Hall–Kier alpha value is -3.96. The molecule has 1 amide bonds. The van der Waals surface area contributed by atoms with Gasteiger partial charge in [-0.2, -0.15) is 5.26 Å². The number of pyridine rings is 2. The van der Waals surface area contributed by atoms with Crippen LogP contribution in [0.4, 0.5) is 11.5 Å². The smallest absolute Gasteiger partial charge is 0.222 e. The van der Waals surface area contributed by atoms with E-state index in [4.69, 9.17) is 14.7 Å². The molecule has 32 heavy (non-hydrogen) atoms. The Kier molecular flexibility index (Phi) is 6.58. The highest BCUT2D eigenvalue weighted by molar-refractivity contribution is 5.78. The van der Waals surface area contributed by atoms with Crippen molar-refractivity contribution in [1.29, 1.82) is 5.26 Å². The lowest BCUT2D eigenvalue weighted by molar-refractivity contribution is -0.128. The molecule has 0 radical (unpaired) electrons. The molecule has 162 valence electrons. The molecule has 0 unspecified atom stereocenters. The van der Waals surface area contributed by atoms with Crippen LogP contribution in [0.1, 0.15) is 29.7 Å². The van der Waals surface area contributed by atoms with E-state index in [1.165, 1.54) is 6.20 Å². The van der Waals surface area contributed by atoms with Crippen molar-refractivity contribution in [1.82, 2.24) is 14.9 Å². The fourth-order valence-electron chi connectivity index (χ4n) is 3.47. The summed E-state index contributed by atoms with van der Waals surface area (Å²) < 4.78 is 11.2. The Bertz CT molecular complexity index is 1120. The van der Waals surface area contributed by atoms with Gasteiger partial charge in [-0.15, -0.1) is 0 Å². The largest absolute Gasteiger partial charge is 0.455 e. The zero-order chi connectivity index (χ0) is 22.3. The third-order valence-corrected chi connectivity index (χ3v) is 5.08. The molecule has 1 N–H and O–H groups in total. The fourth-order valence-corrected chi connectivity index (χ4v) is 3.47. The molecule has 2 aromatic heterocycles. The predicted octanol–water partition coefficient (Wildman–Crippen LogP) is 4.15. The molecule has 3 aromatic rings. The molecule has 0 bridgehead atoms. The molecule has 1 aromatic carbocycles. The van der Waals surface area contributed by atoms with Gasteiger partial charge in [0, 0.05) is 44.1 Å². The summed E-state index contributed by atoms with van der Waals surface area (Å²) in [6, 6.07) is 14.9. The number of anilines is 2. The molecule has 0 aliphatic carbocycles. The van der Waals surface area contributed by atoms with E-state index in [-0.39, 0.29) is 5.91 Å². The Balaban J connectivity index is 1.57. The molecule has 8 nitrogen and oxygen atoms in total. The summed E-state index contributed by atoms with van der Waals surface area (Å²) in [5, 5.41) is 12.2. The second kappa shape index (κ2) is 9.90. The summed E-state index contributed by atoms with van der Waals surface area (Å²) in [6.07, 6.45) is 4.62. The van der Waals surface area contributed by atoms with Crippen LogP contribution in [-0.2, 0) is 22.7 Å². The van der Waals surface area contributed by atoms with Crippen molar-refractivity contribution in [3.63, 3.8) is 0 Å². The van der Waals surface area contributed by atoms with Crippen LogP contribution in [0.2, 0.25) is 0 Å². The first-order chi connectivity index (χ1) is 15.6. The Morgan fingerprint density at radius 2 is 2.06 bits per heavy atom. The second-order valence-corrected chi connectivity index (χ2v) is 7.43. The van der Waals surface area contributed by atoms with Gasteiger partial charge < -0.3 is 19.7 Å². The molecule has 1 saturated heterocycles. The predicted molar refractivity (Wildman–Crippen MR) is 118 cm³/mol. The van der Waals surface area contributed by atoms with E-state index in [0.717, 1.165) is 29.9 Å². The number of rotatable bonds is 8. The van der Waals surface area contributed by atoms with Crippen LogP contribution >= 0.6 is 0 Å². The SMILES string of the molecule is COCc1ccc(Oc2ccc(Nc3ccc(C#N)cn3)cc2CN2CCCC2=O)cn1. The van der Waals surface area contributed by atoms with E-state index in [1.54, 1.807) is 25.4 Å². The number of likely N-dealkylation sites (tertiary alicyclic amines) is 1. The van der Waals surface area contributed by atoms with Crippen molar-refractivity contribution >= 4 is 17.4 Å². The van der Waals surface area contributed by atoms with Crippen molar-refractivity contribution in [2.45, 2.75) is 26.0 Å². The summed E-state index contributed by atoms with van der Waals surface area (Å²) in [5.41, 5.74) is 3.00. The normalized spacial score (nSPS) is 13.1. The van der Waals surface area contributed by atoms with E-state index in [1.807, 2.05) is 35.2 Å². The lowest BCUT2D eigenvalue weighted by Gasteiger charge is -2.19. The van der Waals surface area contributed by atoms with Gasteiger partial charge in [0.1, 0.15) is 23.4 Å². The van der Waals surface area contributed by atoms with Gasteiger partial charge in [-0.05, 0) is 48.9 Å². The number of nitrogens with zero attached hydrogens (tertiary/aromatic N) is 4. The number of hydrogen-bond donors (Lipinski definition) is 1. The van der Waals surface area contributed by atoms with Gasteiger partial charge in [0.2, 0.25) is 5.91 Å². The standard InChI is InChI=1S/C24H23N5O3/c1-31-16-20-5-7-21(14-26-20)32-22-8-6-19(28-23-9-4-17(12-25)13-27-23)11-18(22)15-29-10-2-3-24(29)30/h4-9,11,13-14H,2-3,10,15-16H2,1H3,(H,27,28). The van der Waals surface area contributed by atoms with Crippen molar-refractivity contribution in [2.75, 3.05) is 19.0 Å². The highest BCUT2D eigenvalue weighted by Gasteiger charge is 2.22. The number of aromatic nitrogens is 2. The van der Waals surface area contributed by atoms with Gasteiger partial charge in [0.15, 0.2) is 0 Å². The first-order valence-corrected chi connectivity index (χ1v) is 10.3. The molecule has 0 spiro atoms. The minimum absolute atomic E-state index is 0.147. The highest BCUT2D eigenvalue weighted by Crippen LogP contribution is 2.31. The van der Waals surface area contributed by atoms with Crippen molar-refractivity contribution in [3.8, 4) is 17.6 Å². The van der Waals surface area contributed by atoms with Gasteiger partial charge >= 0.3 is 0 Å². The summed E-state index contributed by atoms with van der Waals surface area (Å²) in [5.74, 6) is 2.03. The molecule has 1 aliphatic rings. The molecular formula is C24H23N5O3. The topological polar surface area (TPSA) is 100 Å². The van der Waals surface area contributed by atoms with Gasteiger partial charge in [-0.25, -0.2) is 4.98 Å². The van der Waals surface area contributed by atoms with E-state index in [2.05, 4.69) is 21.4 Å². The lowest BCUT2D eigenvalue weighted by atomic mass is 10.1. The van der Waals surface area contributed by atoms with Crippen LogP contribution in [0.5, 0.6) is 11.5 Å². The number of hydrogen-bond acceptors (Lipinski definition) is 7. The maximum absolute atomic E-state index is 12.2. The van der Waals surface area contributed by atoms with E-state index in [9.17, 15) is 4.79 Å². The van der Waals surface area contributed by atoms with Crippen molar-refractivity contribution < 1.29 is 14.3 Å². The summed E-state index contributed by atoms with van der Waals surface area (Å²) in [4.78, 5) is 22.6. The molecule has 1 fully saturated rings. The van der Waals surface area contributed by atoms with Crippen molar-refractivity contribution in [2.24, 2.45) is 0 Å². The first-order valence-electron chi connectivity index (χ1n) is 10.3. The van der Waals surface area contributed by atoms with Gasteiger partial charge in [-0.3, -0.25) is 9.78 Å². The average Bonchev–Trinajstić information content (AvgIpc) is 3.22. The first kappa shape index (κ1) is 21.3. The summed E-state index contributed by atoms with van der Waals surface area (Å²) in [7, 11) is 1.63. The highest BCUT2D eigenvalue weighted by atomic mass is 16.5. The van der Waals surface area contributed by atoms with E-state index >= 15 is 0 Å². The van der Waals surface area contributed by atoms with Crippen LogP contribution in [-0.4, -0.2) is 34.4 Å². The second-order valence-electron chi connectivity index (χ2n) is 7.43. The number of ether oxygens (including phenoxy) is 2. The number of methoxy groups -OCH3 is 1. The Labute approximate surface area is 186 Å². The molecular weight excluding hydrogens is 406 g/mol. The lowest BCUT2D eigenvalue weighted by Crippen LogP contribution is -2.24. The number of nitriles is 1. The van der Waals surface area contributed by atoms with Gasteiger partial charge in [0.05, 0.1) is 24.1 Å². The Morgan fingerprint density at radius 3 is 2.72 bits per heavy atom. The van der Waals surface area contributed by atoms with Crippen LogP contribution in [0, 0.1) is 11.3 Å². The van der Waals surface area contributed by atoms with Crippen LogP contribution in [0.15, 0.2) is 54.9 Å². The quantitative estimate of drug-likeness (QED) is 0.574. The number of amides is 1. The Morgan fingerprint density at radius 1 is 1.16 bits per heavy atom. The third-order valence-electron chi connectivity index (χ3n) is 5.08. The minimum Gasteiger partial charge on any atom is -0.455 e. The molecule has 1 aliphatic heterocycles. The number of benzene rings is 1. The van der Waals surface area contributed by atoms with Crippen LogP contribution < -0.4 is 10.1 Å². The summed E-state index contributed by atoms with van der Waals surface area (Å²) in [6.45, 7) is 1.63. The monoisotopic (exact) mass is 429 g/mol. The maximum atomic E-state index is 12.2. The fraction of sp³-hybridized carbons (Fsp3) is 0.250. The number of carbonyl (C=O) groups excluding carboxylic acids is 1. The van der Waals surface area contributed by atoms with Crippen LogP contribution in [0.25, 0.3) is 0 Å². The van der Waals surface area contributed by atoms with Gasteiger partial charge in [-0.1, -0.05) is 0 Å². The minimum atomic E-state index is 0.147. The van der Waals surface area contributed by atoms with E-state index in [0.29, 0.717) is 42.5 Å². The van der Waals surface area contributed by atoms with E-state index < -0.39 is 0 Å². The summed E-state index contributed by atoms with van der Waals surface area (Å²) >= 11 is 0. The molecule has 4 rings (SSSR count). The zero-order valence-electron chi connectivity index (χ0n) is 17.7.